The van der Waals surface area contributed by atoms with Crippen LogP contribution in [0.15, 0.2) is 36.7 Å². The molecule has 0 saturated carbocycles. The molecule has 0 aliphatic carbocycles. The second-order valence-corrected chi connectivity index (χ2v) is 10.0. The number of carbonyl (C=O) groups excluding carboxylic acids is 2. The Morgan fingerprint density at radius 3 is 2.65 bits per heavy atom. The monoisotopic (exact) mass is 486 g/mol. The first-order valence-electron chi connectivity index (χ1n) is 12.4. The van der Waals surface area contributed by atoms with E-state index in [0.717, 1.165) is 51.0 Å². The first-order chi connectivity index (χ1) is 16.5. The first-order valence-corrected chi connectivity index (χ1v) is 12.8. The van der Waals surface area contributed by atoms with Crippen LogP contribution in [0, 0.1) is 5.41 Å². The van der Waals surface area contributed by atoms with Crippen molar-refractivity contribution < 1.29 is 14.3 Å². The summed E-state index contributed by atoms with van der Waals surface area (Å²) < 4.78 is 8.10. The Bertz CT molecular complexity index is 988. The normalized spacial score (nSPS) is 20.9. The van der Waals surface area contributed by atoms with Crippen LogP contribution in [0.5, 0.6) is 5.75 Å². The van der Waals surface area contributed by atoms with Crippen molar-refractivity contribution in [2.75, 3.05) is 32.8 Å². The fraction of sp³-hybridized carbons (Fsp3) is 0.577. The number of aryl methyl sites for hydroxylation is 1. The van der Waals surface area contributed by atoms with Crippen molar-refractivity contribution in [2.24, 2.45) is 5.41 Å². The third-order valence-corrected chi connectivity index (χ3v) is 7.25. The van der Waals surface area contributed by atoms with Gasteiger partial charge in [0.15, 0.2) is 0 Å². The van der Waals surface area contributed by atoms with Crippen molar-refractivity contribution in [1.29, 1.82) is 0 Å². The van der Waals surface area contributed by atoms with E-state index in [1.807, 2.05) is 45.7 Å². The lowest BCUT2D eigenvalue weighted by atomic mass is 9.77. The van der Waals surface area contributed by atoms with Crippen molar-refractivity contribution in [3.63, 3.8) is 0 Å². The Kier molecular flexibility index (Phi) is 8.14. The van der Waals surface area contributed by atoms with Crippen LogP contribution >= 0.6 is 11.6 Å². The van der Waals surface area contributed by atoms with Crippen LogP contribution in [0.3, 0.4) is 0 Å². The molecule has 2 aromatic rings. The van der Waals surface area contributed by atoms with E-state index in [-0.39, 0.29) is 18.4 Å². The number of imidazole rings is 1. The smallest absolute Gasteiger partial charge is 0.242 e. The molecule has 7 nitrogen and oxygen atoms in total. The molecule has 1 aromatic carbocycles. The number of nitrogens with zero attached hydrogens (tertiary/aromatic N) is 4. The van der Waals surface area contributed by atoms with E-state index in [1.54, 1.807) is 12.3 Å². The number of hydrogen-bond donors (Lipinski definition) is 0. The highest BCUT2D eigenvalue weighted by Crippen LogP contribution is 2.36. The molecule has 0 spiro atoms. The number of hydrogen-bond acceptors (Lipinski definition) is 4. The predicted octanol–water partition coefficient (Wildman–Crippen LogP) is 4.19. The Morgan fingerprint density at radius 1 is 1.09 bits per heavy atom. The van der Waals surface area contributed by atoms with Gasteiger partial charge in [0.25, 0.3) is 0 Å². The number of benzene rings is 1. The van der Waals surface area contributed by atoms with Crippen molar-refractivity contribution in [3.05, 3.63) is 47.5 Å². The highest BCUT2D eigenvalue weighted by Gasteiger charge is 2.41. The molecule has 2 amide bonds. The fourth-order valence-electron chi connectivity index (χ4n) is 5.15. The van der Waals surface area contributed by atoms with Crippen LogP contribution in [0.25, 0.3) is 0 Å². The standard InChI is InChI=1S/C26H35ClN4O3/c1-2-23-28-11-15-30(23)18-25(33)31-14-7-10-26(19-31,17-24(32)29-12-4-3-5-13-29)20-34-22-9-6-8-21(27)16-22/h6,8-9,11,15-16H,2-5,7,10,12-14,17-20H2,1H3. The van der Waals surface area contributed by atoms with Crippen LogP contribution in [-0.2, 0) is 22.6 Å². The summed E-state index contributed by atoms with van der Waals surface area (Å²) in [6.07, 6.45) is 9.78. The van der Waals surface area contributed by atoms with Gasteiger partial charge in [0.2, 0.25) is 11.8 Å². The summed E-state index contributed by atoms with van der Waals surface area (Å²) in [5.74, 6) is 1.82. The number of amides is 2. The number of likely N-dealkylation sites (tertiary alicyclic amines) is 2. The minimum Gasteiger partial charge on any atom is -0.493 e. The summed E-state index contributed by atoms with van der Waals surface area (Å²) in [5.41, 5.74) is -0.423. The number of rotatable bonds is 8. The molecule has 0 bridgehead atoms. The Balaban J connectivity index is 1.49. The Hall–Kier alpha value is -2.54. The summed E-state index contributed by atoms with van der Waals surface area (Å²) in [5, 5.41) is 0.614. The lowest BCUT2D eigenvalue weighted by Gasteiger charge is -2.43. The van der Waals surface area contributed by atoms with Crippen molar-refractivity contribution in [1.82, 2.24) is 19.4 Å². The van der Waals surface area contributed by atoms with Gasteiger partial charge in [-0.25, -0.2) is 4.98 Å². The van der Waals surface area contributed by atoms with Crippen LogP contribution in [0.4, 0.5) is 0 Å². The minimum atomic E-state index is -0.423. The molecular weight excluding hydrogens is 452 g/mol. The fourth-order valence-corrected chi connectivity index (χ4v) is 5.33. The van der Waals surface area contributed by atoms with E-state index in [4.69, 9.17) is 16.3 Å². The lowest BCUT2D eigenvalue weighted by Crippen LogP contribution is -2.52. The minimum absolute atomic E-state index is 0.0601. The lowest BCUT2D eigenvalue weighted by molar-refractivity contribution is -0.142. The molecule has 2 aliphatic heterocycles. The molecule has 0 N–H and O–H groups in total. The molecule has 2 aliphatic rings. The number of halogens is 1. The van der Waals surface area contributed by atoms with Gasteiger partial charge in [-0.2, -0.15) is 0 Å². The average Bonchev–Trinajstić information content (AvgIpc) is 3.30. The quantitative estimate of drug-likeness (QED) is 0.561. The molecule has 2 saturated heterocycles. The summed E-state index contributed by atoms with van der Waals surface area (Å²) >= 11 is 6.14. The van der Waals surface area contributed by atoms with Crippen molar-refractivity contribution >= 4 is 23.4 Å². The third kappa shape index (κ3) is 6.12. The summed E-state index contributed by atoms with van der Waals surface area (Å²) in [6, 6.07) is 7.34. The summed E-state index contributed by atoms with van der Waals surface area (Å²) in [4.78, 5) is 34.8. The summed E-state index contributed by atoms with van der Waals surface area (Å²) in [6.45, 7) is 5.55. The molecule has 1 atom stereocenters. The molecule has 1 unspecified atom stereocenters. The molecule has 4 rings (SSSR count). The second kappa shape index (κ2) is 11.3. The van der Waals surface area contributed by atoms with Gasteiger partial charge in [-0.1, -0.05) is 24.6 Å². The maximum absolute atomic E-state index is 13.3. The largest absolute Gasteiger partial charge is 0.493 e. The average molecular weight is 487 g/mol. The van der Waals surface area contributed by atoms with Crippen molar-refractivity contribution in [3.8, 4) is 5.75 Å². The van der Waals surface area contributed by atoms with Crippen molar-refractivity contribution in [2.45, 2.75) is 58.4 Å². The maximum atomic E-state index is 13.3. The van der Waals surface area contributed by atoms with E-state index >= 15 is 0 Å². The number of carbonyl (C=O) groups is 2. The van der Waals surface area contributed by atoms with E-state index in [2.05, 4.69) is 4.98 Å². The molecule has 8 heteroatoms. The number of piperidine rings is 2. The number of aromatic nitrogens is 2. The van der Waals surface area contributed by atoms with Gasteiger partial charge >= 0.3 is 0 Å². The van der Waals surface area contributed by atoms with Gasteiger partial charge in [0.1, 0.15) is 18.1 Å². The van der Waals surface area contributed by atoms with Gasteiger partial charge < -0.3 is 19.1 Å². The van der Waals surface area contributed by atoms with Gasteiger partial charge in [-0.15, -0.1) is 0 Å². The highest BCUT2D eigenvalue weighted by molar-refractivity contribution is 6.30. The van der Waals surface area contributed by atoms with Crippen LogP contribution < -0.4 is 4.74 Å². The Labute approximate surface area is 207 Å². The third-order valence-electron chi connectivity index (χ3n) is 7.01. The zero-order valence-corrected chi connectivity index (χ0v) is 20.8. The molecule has 0 radical (unpaired) electrons. The first kappa shape index (κ1) is 24.6. The molecule has 184 valence electrons. The molecule has 2 fully saturated rings. The van der Waals surface area contributed by atoms with Gasteiger partial charge in [-0.05, 0) is 50.3 Å². The van der Waals surface area contributed by atoms with E-state index in [1.165, 1.54) is 6.42 Å². The Morgan fingerprint density at radius 2 is 1.88 bits per heavy atom. The van der Waals surface area contributed by atoms with E-state index < -0.39 is 5.41 Å². The highest BCUT2D eigenvalue weighted by atomic mass is 35.5. The predicted molar refractivity (Wildman–Crippen MR) is 132 cm³/mol. The maximum Gasteiger partial charge on any atom is 0.242 e. The van der Waals surface area contributed by atoms with Crippen LogP contribution in [0.1, 0.15) is 51.3 Å². The summed E-state index contributed by atoms with van der Waals surface area (Å²) in [7, 11) is 0. The second-order valence-electron chi connectivity index (χ2n) is 9.61. The molecular formula is C26H35ClN4O3. The zero-order valence-electron chi connectivity index (χ0n) is 20.0. The zero-order chi connectivity index (χ0) is 24.0. The molecule has 34 heavy (non-hydrogen) atoms. The van der Waals surface area contributed by atoms with Crippen LogP contribution in [0.2, 0.25) is 5.02 Å². The van der Waals surface area contributed by atoms with E-state index in [0.29, 0.717) is 36.9 Å². The topological polar surface area (TPSA) is 67.7 Å². The SMILES string of the molecule is CCc1nccn1CC(=O)N1CCCC(COc2cccc(Cl)c2)(CC(=O)N2CCCCC2)C1. The van der Waals surface area contributed by atoms with Gasteiger partial charge in [-0.3, -0.25) is 9.59 Å². The van der Waals surface area contributed by atoms with Gasteiger partial charge in [0.05, 0.1) is 6.61 Å². The van der Waals surface area contributed by atoms with E-state index in [9.17, 15) is 9.59 Å². The molecule has 1 aromatic heterocycles. The number of ether oxygens (including phenoxy) is 1. The molecule has 3 heterocycles. The van der Waals surface area contributed by atoms with Gasteiger partial charge in [0, 0.05) is 61.9 Å². The van der Waals surface area contributed by atoms with Crippen LogP contribution in [-0.4, -0.2) is 64.0 Å².